The van der Waals surface area contributed by atoms with Crippen LogP contribution in [0, 0.1) is 0 Å². The van der Waals surface area contributed by atoms with Crippen LogP contribution in [0.5, 0.6) is 5.75 Å². The first-order valence-electron chi connectivity index (χ1n) is 7.13. The maximum atomic E-state index is 6.25. The van der Waals surface area contributed by atoms with E-state index in [1.54, 1.807) is 0 Å². The van der Waals surface area contributed by atoms with Crippen molar-refractivity contribution in [3.05, 3.63) is 65.3 Å². The Morgan fingerprint density at radius 3 is 2.62 bits per heavy atom. The third-order valence-electron chi connectivity index (χ3n) is 3.43. The summed E-state index contributed by atoms with van der Waals surface area (Å²) in [5.41, 5.74) is 2.28. The number of fused-ring (bicyclic) bond motifs is 1. The number of nitrogens with zero attached hydrogens (tertiary/aromatic N) is 1. The average Bonchev–Trinajstić information content (AvgIpc) is 2.85. The van der Waals surface area contributed by atoms with Gasteiger partial charge >= 0.3 is 0 Å². The zero-order valence-electron chi connectivity index (χ0n) is 12.2. The maximum Gasteiger partial charge on any atom is 0.129 e. The number of hydrogen-bond acceptors (Lipinski definition) is 1. The van der Waals surface area contributed by atoms with Gasteiger partial charge in [-0.25, -0.2) is 0 Å². The Morgan fingerprint density at radius 2 is 1.86 bits per heavy atom. The van der Waals surface area contributed by atoms with E-state index in [9.17, 15) is 0 Å². The van der Waals surface area contributed by atoms with E-state index in [2.05, 4.69) is 29.0 Å². The summed E-state index contributed by atoms with van der Waals surface area (Å²) in [6.45, 7) is 4.84. The molecule has 3 rings (SSSR count). The van der Waals surface area contributed by atoms with Crippen LogP contribution in [0.2, 0.25) is 5.02 Å². The second-order valence-corrected chi connectivity index (χ2v) is 5.80. The van der Waals surface area contributed by atoms with Gasteiger partial charge in [-0.2, -0.15) is 0 Å². The summed E-state index contributed by atoms with van der Waals surface area (Å²) in [4.78, 5) is 0. The molecular weight excluding hydrogens is 282 g/mol. The van der Waals surface area contributed by atoms with Gasteiger partial charge in [-0.05, 0) is 43.7 Å². The molecule has 0 spiro atoms. The Labute approximate surface area is 129 Å². The van der Waals surface area contributed by atoms with E-state index in [0.29, 0.717) is 0 Å². The highest BCUT2D eigenvalue weighted by Gasteiger charge is 2.09. The Hall–Kier alpha value is -1.93. The molecule has 0 amide bonds. The molecule has 0 N–H and O–H groups in total. The topological polar surface area (TPSA) is 14.2 Å². The summed E-state index contributed by atoms with van der Waals surface area (Å²) in [7, 11) is 0. The van der Waals surface area contributed by atoms with Gasteiger partial charge in [0, 0.05) is 23.2 Å². The molecule has 0 aliphatic rings. The minimum Gasteiger partial charge on any atom is -0.490 e. The van der Waals surface area contributed by atoms with Gasteiger partial charge < -0.3 is 9.30 Å². The van der Waals surface area contributed by atoms with Gasteiger partial charge in [0.25, 0.3) is 0 Å². The number of benzene rings is 2. The molecule has 0 radical (unpaired) electrons. The first-order chi connectivity index (χ1) is 10.1. The number of halogens is 1. The van der Waals surface area contributed by atoms with Crippen molar-refractivity contribution < 1.29 is 4.74 Å². The summed E-state index contributed by atoms with van der Waals surface area (Å²) >= 11 is 6.25. The summed E-state index contributed by atoms with van der Waals surface area (Å²) in [5, 5.41) is 1.94. The van der Waals surface area contributed by atoms with Crippen LogP contribution >= 0.6 is 11.6 Å². The van der Waals surface area contributed by atoms with Crippen molar-refractivity contribution in [2.24, 2.45) is 0 Å². The van der Waals surface area contributed by atoms with Gasteiger partial charge in [0.1, 0.15) is 5.75 Å². The predicted octanol–water partition coefficient (Wildman–Crippen LogP) is 5.13. The number of hydrogen-bond donors (Lipinski definition) is 0. The lowest BCUT2D eigenvalue weighted by molar-refractivity contribution is 0.245. The molecule has 0 aliphatic heterocycles. The van der Waals surface area contributed by atoms with Crippen molar-refractivity contribution in [2.45, 2.75) is 26.5 Å². The molecule has 0 saturated carbocycles. The monoisotopic (exact) mass is 299 g/mol. The molecule has 1 aromatic heterocycles. The fourth-order valence-corrected chi connectivity index (χ4v) is 2.70. The fraction of sp³-hybridized carbons (Fsp3) is 0.222. The normalized spacial score (nSPS) is 11.2. The Morgan fingerprint density at radius 1 is 1.05 bits per heavy atom. The van der Waals surface area contributed by atoms with E-state index >= 15 is 0 Å². The predicted molar refractivity (Wildman–Crippen MR) is 88.3 cm³/mol. The maximum absolute atomic E-state index is 6.25. The first kappa shape index (κ1) is 14.0. The SMILES string of the molecule is CC(C)Oc1cccc2c1ccn2Cc1ccccc1Cl. The van der Waals surface area contributed by atoms with Crippen LogP contribution in [0.1, 0.15) is 19.4 Å². The van der Waals surface area contributed by atoms with Crippen molar-refractivity contribution in [1.29, 1.82) is 0 Å². The van der Waals surface area contributed by atoms with Crippen LogP contribution in [0.15, 0.2) is 54.7 Å². The molecule has 108 valence electrons. The minimum absolute atomic E-state index is 0.169. The van der Waals surface area contributed by atoms with Gasteiger partial charge in [0.2, 0.25) is 0 Å². The van der Waals surface area contributed by atoms with Crippen LogP contribution in [-0.4, -0.2) is 10.7 Å². The fourth-order valence-electron chi connectivity index (χ4n) is 2.50. The van der Waals surface area contributed by atoms with E-state index in [1.165, 1.54) is 0 Å². The van der Waals surface area contributed by atoms with Gasteiger partial charge in [0.15, 0.2) is 0 Å². The van der Waals surface area contributed by atoms with Gasteiger partial charge in [-0.3, -0.25) is 0 Å². The van der Waals surface area contributed by atoms with E-state index in [4.69, 9.17) is 16.3 Å². The highest BCUT2D eigenvalue weighted by atomic mass is 35.5. The van der Waals surface area contributed by atoms with E-state index in [-0.39, 0.29) is 6.10 Å². The second kappa shape index (κ2) is 5.82. The van der Waals surface area contributed by atoms with Crippen LogP contribution in [-0.2, 0) is 6.54 Å². The van der Waals surface area contributed by atoms with E-state index in [1.807, 2.05) is 44.2 Å². The molecule has 0 atom stereocenters. The van der Waals surface area contributed by atoms with Crippen LogP contribution in [0.4, 0.5) is 0 Å². The molecule has 2 nitrogen and oxygen atoms in total. The zero-order valence-corrected chi connectivity index (χ0v) is 13.0. The molecule has 21 heavy (non-hydrogen) atoms. The summed E-state index contributed by atoms with van der Waals surface area (Å²) in [5.74, 6) is 0.931. The Kier molecular flexibility index (Phi) is 3.89. The largest absolute Gasteiger partial charge is 0.490 e. The number of rotatable bonds is 4. The third kappa shape index (κ3) is 2.91. The molecule has 3 heteroatoms. The first-order valence-corrected chi connectivity index (χ1v) is 7.51. The van der Waals surface area contributed by atoms with Crippen molar-refractivity contribution in [2.75, 3.05) is 0 Å². The quantitative estimate of drug-likeness (QED) is 0.651. The minimum atomic E-state index is 0.169. The van der Waals surface area contributed by atoms with Crippen molar-refractivity contribution in [3.8, 4) is 5.75 Å². The summed E-state index contributed by atoms with van der Waals surface area (Å²) < 4.78 is 8.07. The Bertz CT molecular complexity index is 761. The molecule has 3 aromatic rings. The molecule has 0 fully saturated rings. The second-order valence-electron chi connectivity index (χ2n) is 5.39. The molecule has 0 aliphatic carbocycles. The van der Waals surface area contributed by atoms with Gasteiger partial charge in [-0.1, -0.05) is 35.9 Å². The summed E-state index contributed by atoms with van der Waals surface area (Å²) in [6, 6.07) is 16.2. The molecular formula is C18H18ClNO. The van der Waals surface area contributed by atoms with Crippen LogP contribution in [0.3, 0.4) is 0 Å². The highest BCUT2D eigenvalue weighted by molar-refractivity contribution is 6.31. The average molecular weight is 300 g/mol. The highest BCUT2D eigenvalue weighted by Crippen LogP contribution is 2.28. The number of aromatic nitrogens is 1. The lowest BCUT2D eigenvalue weighted by Gasteiger charge is -2.12. The van der Waals surface area contributed by atoms with Crippen LogP contribution < -0.4 is 4.74 Å². The zero-order chi connectivity index (χ0) is 14.8. The van der Waals surface area contributed by atoms with E-state index in [0.717, 1.165) is 33.8 Å². The van der Waals surface area contributed by atoms with E-state index < -0.39 is 0 Å². The smallest absolute Gasteiger partial charge is 0.129 e. The molecule has 2 aromatic carbocycles. The van der Waals surface area contributed by atoms with Crippen LogP contribution in [0.25, 0.3) is 10.9 Å². The summed E-state index contributed by atoms with van der Waals surface area (Å²) in [6.07, 6.45) is 2.25. The lowest BCUT2D eigenvalue weighted by atomic mass is 10.2. The van der Waals surface area contributed by atoms with Gasteiger partial charge in [0.05, 0.1) is 11.6 Å². The van der Waals surface area contributed by atoms with Crippen molar-refractivity contribution >= 4 is 22.5 Å². The lowest BCUT2D eigenvalue weighted by Crippen LogP contribution is -2.05. The van der Waals surface area contributed by atoms with Gasteiger partial charge in [-0.15, -0.1) is 0 Å². The van der Waals surface area contributed by atoms with Crippen molar-refractivity contribution in [1.82, 2.24) is 4.57 Å². The molecule has 0 saturated heterocycles. The Balaban J connectivity index is 1.99. The number of ether oxygens (including phenoxy) is 1. The third-order valence-corrected chi connectivity index (χ3v) is 3.80. The van der Waals surface area contributed by atoms with Crippen molar-refractivity contribution in [3.63, 3.8) is 0 Å². The molecule has 0 bridgehead atoms. The standard InChI is InChI=1S/C18H18ClNO/c1-13(2)21-18-9-5-8-17-15(18)10-11-20(17)12-14-6-3-4-7-16(14)19/h3-11,13H,12H2,1-2H3. The molecule has 1 heterocycles. The molecule has 0 unspecified atom stereocenters.